The molecule has 7 nitrogen and oxygen atoms in total. The summed E-state index contributed by atoms with van der Waals surface area (Å²) in [6.45, 7) is 8.00. The maximum absolute atomic E-state index is 14.7. The lowest BCUT2D eigenvalue weighted by Crippen LogP contribution is -2.53. The monoisotopic (exact) mass is 450 g/mol. The number of alkyl carbamates (subject to hydrolysis) is 1. The molecule has 0 spiro atoms. The number of benzene rings is 2. The van der Waals surface area contributed by atoms with Crippen LogP contribution in [0.4, 0.5) is 14.9 Å². The van der Waals surface area contributed by atoms with Crippen LogP contribution in [-0.4, -0.2) is 37.8 Å². The first-order valence-electron chi connectivity index (χ1n) is 9.52. The summed E-state index contributed by atoms with van der Waals surface area (Å²) in [6.07, 6.45) is 0.303. The van der Waals surface area contributed by atoms with Crippen molar-refractivity contribution in [2.24, 2.45) is 0 Å². The van der Waals surface area contributed by atoms with Crippen LogP contribution in [0.2, 0.25) is 0 Å². The molecular weight excluding hydrogens is 423 g/mol. The quantitative estimate of drug-likeness (QED) is 0.713. The Morgan fingerprint density at radius 3 is 2.16 bits per heavy atom. The average Bonchev–Trinajstić information content (AvgIpc) is 2.60. The van der Waals surface area contributed by atoms with E-state index in [0.717, 1.165) is 12.3 Å². The molecule has 9 heteroatoms. The molecule has 0 fully saturated rings. The second kappa shape index (κ2) is 8.66. The van der Waals surface area contributed by atoms with E-state index in [1.54, 1.807) is 39.0 Å². The largest absolute Gasteiger partial charge is 0.444 e. The number of nitrogens with one attached hydrogen (secondary N) is 2. The molecule has 2 rings (SSSR count). The van der Waals surface area contributed by atoms with Gasteiger partial charge >= 0.3 is 6.09 Å². The van der Waals surface area contributed by atoms with Gasteiger partial charge in [-0.3, -0.25) is 4.79 Å². The first kappa shape index (κ1) is 24.3. The third-order valence-corrected chi connectivity index (χ3v) is 5.35. The Morgan fingerprint density at radius 1 is 1.00 bits per heavy atom. The number of hydrogen-bond acceptors (Lipinski definition) is 5. The molecule has 2 aromatic carbocycles. The highest BCUT2D eigenvalue weighted by atomic mass is 32.2. The van der Waals surface area contributed by atoms with Crippen LogP contribution in [-0.2, 0) is 19.4 Å². The molecule has 2 aromatic rings. The topological polar surface area (TPSA) is 102 Å². The number of rotatable bonds is 5. The van der Waals surface area contributed by atoms with Gasteiger partial charge in [-0.1, -0.05) is 24.3 Å². The molecule has 0 atom stereocenters. The third-order valence-electron chi connectivity index (χ3n) is 4.20. The predicted molar refractivity (Wildman–Crippen MR) is 117 cm³/mol. The van der Waals surface area contributed by atoms with E-state index in [9.17, 15) is 22.4 Å². The molecule has 0 aliphatic heterocycles. The van der Waals surface area contributed by atoms with Gasteiger partial charge in [0.05, 0.1) is 10.6 Å². The Labute approximate surface area is 181 Å². The van der Waals surface area contributed by atoms with Gasteiger partial charge in [-0.05, 0) is 58.4 Å². The molecule has 0 aliphatic rings. The molecule has 168 valence electrons. The zero-order valence-corrected chi connectivity index (χ0v) is 19.2. The smallest absolute Gasteiger partial charge is 0.408 e. The highest BCUT2D eigenvalue weighted by Crippen LogP contribution is 2.30. The number of carbonyl (C=O) groups excluding carboxylic acids is 2. The first-order chi connectivity index (χ1) is 14.1. The number of carbonyl (C=O) groups is 2. The van der Waals surface area contributed by atoms with Gasteiger partial charge in [0.15, 0.2) is 9.84 Å². The fourth-order valence-electron chi connectivity index (χ4n) is 2.71. The molecule has 0 radical (unpaired) electrons. The summed E-state index contributed by atoms with van der Waals surface area (Å²) in [4.78, 5) is 24.7. The van der Waals surface area contributed by atoms with Gasteiger partial charge in [0, 0.05) is 11.8 Å². The Bertz CT molecular complexity index is 1110. The normalized spacial score (nSPS) is 12.2. The summed E-state index contributed by atoms with van der Waals surface area (Å²) in [6, 6.07) is 10.3. The van der Waals surface area contributed by atoms with E-state index in [-0.39, 0.29) is 10.6 Å². The summed E-state index contributed by atoms with van der Waals surface area (Å²) < 4.78 is 43.9. The van der Waals surface area contributed by atoms with E-state index in [0.29, 0.717) is 11.1 Å². The number of halogens is 1. The van der Waals surface area contributed by atoms with Crippen LogP contribution in [0.3, 0.4) is 0 Å². The fourth-order valence-corrected chi connectivity index (χ4v) is 3.62. The van der Waals surface area contributed by atoms with Gasteiger partial charge < -0.3 is 15.4 Å². The van der Waals surface area contributed by atoms with Crippen LogP contribution >= 0.6 is 0 Å². The summed E-state index contributed by atoms with van der Waals surface area (Å²) in [5, 5.41) is 4.89. The summed E-state index contributed by atoms with van der Waals surface area (Å²) in [7, 11) is -3.51. The minimum Gasteiger partial charge on any atom is -0.444 e. The van der Waals surface area contributed by atoms with Crippen LogP contribution < -0.4 is 10.6 Å². The molecule has 0 saturated heterocycles. The van der Waals surface area contributed by atoms with E-state index in [4.69, 9.17) is 4.74 Å². The molecule has 2 amide bonds. The maximum atomic E-state index is 14.7. The Kier molecular flexibility index (Phi) is 6.80. The fraction of sp³-hybridized carbons (Fsp3) is 0.364. The second-order valence-corrected chi connectivity index (χ2v) is 10.7. The van der Waals surface area contributed by atoms with Crippen molar-refractivity contribution in [1.82, 2.24) is 5.32 Å². The number of hydrogen-bond donors (Lipinski definition) is 2. The molecule has 0 aromatic heterocycles. The van der Waals surface area contributed by atoms with Crippen molar-refractivity contribution in [3.8, 4) is 11.1 Å². The molecule has 0 bridgehead atoms. The van der Waals surface area contributed by atoms with E-state index < -0.39 is 38.8 Å². The van der Waals surface area contributed by atoms with Gasteiger partial charge in [0.1, 0.15) is 17.0 Å². The van der Waals surface area contributed by atoms with Gasteiger partial charge in [-0.2, -0.15) is 0 Å². The maximum Gasteiger partial charge on any atom is 0.408 e. The highest BCUT2D eigenvalue weighted by molar-refractivity contribution is 7.90. The summed E-state index contributed by atoms with van der Waals surface area (Å²) in [5.74, 6) is -1.40. The van der Waals surface area contributed by atoms with Crippen molar-refractivity contribution in [1.29, 1.82) is 0 Å². The Morgan fingerprint density at radius 2 is 1.61 bits per heavy atom. The first-order valence-corrected chi connectivity index (χ1v) is 11.4. The average molecular weight is 451 g/mol. The van der Waals surface area contributed by atoms with Crippen LogP contribution in [0, 0.1) is 5.82 Å². The molecule has 0 unspecified atom stereocenters. The van der Waals surface area contributed by atoms with Crippen molar-refractivity contribution in [2.45, 2.75) is 50.7 Å². The molecule has 2 N–H and O–H groups in total. The lowest BCUT2D eigenvalue weighted by Gasteiger charge is -2.27. The van der Waals surface area contributed by atoms with Crippen LogP contribution in [0.15, 0.2) is 47.4 Å². The standard InChI is InChI=1S/C22H27FN2O5S/c1-21(2,3)30-20(27)25-22(4,5)19(26)24-17-12-11-14(13-16(17)23)15-9-7-8-10-18(15)31(6,28)29/h7-13H,1-6H3,(H,24,26)(H,25,27). The van der Waals surface area contributed by atoms with Crippen LogP contribution in [0.5, 0.6) is 0 Å². The number of ether oxygens (including phenoxy) is 1. The van der Waals surface area contributed by atoms with Crippen molar-refractivity contribution in [3.63, 3.8) is 0 Å². The van der Waals surface area contributed by atoms with Crippen molar-refractivity contribution < 1.29 is 27.1 Å². The minimum absolute atomic E-state index is 0.0777. The second-order valence-electron chi connectivity index (χ2n) is 8.67. The lowest BCUT2D eigenvalue weighted by atomic mass is 10.0. The predicted octanol–water partition coefficient (Wildman–Crippen LogP) is 4.14. The van der Waals surface area contributed by atoms with Gasteiger partial charge in [0.2, 0.25) is 5.91 Å². The molecule has 0 heterocycles. The molecule has 0 saturated carbocycles. The lowest BCUT2D eigenvalue weighted by molar-refractivity contribution is -0.121. The van der Waals surface area contributed by atoms with E-state index in [2.05, 4.69) is 10.6 Å². The summed E-state index contributed by atoms with van der Waals surface area (Å²) in [5.41, 5.74) is -1.52. The van der Waals surface area contributed by atoms with E-state index in [1.807, 2.05) is 0 Å². The van der Waals surface area contributed by atoms with Gasteiger partial charge in [-0.25, -0.2) is 17.6 Å². The SMILES string of the molecule is CC(C)(C)OC(=O)NC(C)(C)C(=O)Nc1ccc(-c2ccccc2S(C)(=O)=O)cc1F. The number of amides is 2. The van der Waals surface area contributed by atoms with Crippen LogP contribution in [0.25, 0.3) is 11.1 Å². The third kappa shape index (κ3) is 6.52. The van der Waals surface area contributed by atoms with Crippen LogP contribution in [0.1, 0.15) is 34.6 Å². The van der Waals surface area contributed by atoms with E-state index in [1.165, 1.54) is 32.0 Å². The van der Waals surface area contributed by atoms with E-state index >= 15 is 0 Å². The summed E-state index contributed by atoms with van der Waals surface area (Å²) >= 11 is 0. The number of sulfone groups is 1. The van der Waals surface area contributed by atoms with Gasteiger partial charge in [-0.15, -0.1) is 0 Å². The Balaban J connectivity index is 2.23. The van der Waals surface area contributed by atoms with Crippen molar-refractivity contribution >= 4 is 27.5 Å². The molecule has 31 heavy (non-hydrogen) atoms. The zero-order chi connectivity index (χ0) is 23.6. The van der Waals surface area contributed by atoms with Crippen molar-refractivity contribution in [3.05, 3.63) is 48.3 Å². The molecule has 0 aliphatic carbocycles. The minimum atomic E-state index is -3.51. The Hall–Kier alpha value is -2.94. The number of anilines is 1. The highest BCUT2D eigenvalue weighted by Gasteiger charge is 2.32. The zero-order valence-electron chi connectivity index (χ0n) is 18.4. The molecular formula is C22H27FN2O5S. The van der Waals surface area contributed by atoms with Gasteiger partial charge in [0.25, 0.3) is 0 Å². The van der Waals surface area contributed by atoms with Crippen molar-refractivity contribution in [2.75, 3.05) is 11.6 Å².